The third-order valence-corrected chi connectivity index (χ3v) is 3.14. The number of fused-ring (bicyclic) bond motifs is 1. The van der Waals surface area contributed by atoms with E-state index in [2.05, 4.69) is 15.7 Å². The highest BCUT2D eigenvalue weighted by Crippen LogP contribution is 2.63. The third kappa shape index (κ3) is 1.33. The normalized spacial score (nSPS) is 39.1. The standard InChI is InChI=1S/C8H14F2N4/c1-12-7(14-11)13-4-2-5-6(3-4)8(5,9)10/h4-6H,2-3,11H2,1H3,(H2,12,13,14). The van der Waals surface area contributed by atoms with Crippen molar-refractivity contribution in [2.24, 2.45) is 22.7 Å². The van der Waals surface area contributed by atoms with Crippen LogP contribution in [-0.4, -0.2) is 25.0 Å². The molecule has 14 heavy (non-hydrogen) atoms. The van der Waals surface area contributed by atoms with Crippen molar-refractivity contribution >= 4 is 5.96 Å². The van der Waals surface area contributed by atoms with Gasteiger partial charge in [-0.05, 0) is 12.8 Å². The van der Waals surface area contributed by atoms with Crippen LogP contribution in [0, 0.1) is 11.8 Å². The number of hydrazine groups is 1. The topological polar surface area (TPSA) is 62.4 Å². The van der Waals surface area contributed by atoms with Crippen LogP contribution in [0.25, 0.3) is 0 Å². The van der Waals surface area contributed by atoms with Crippen LogP contribution in [0.2, 0.25) is 0 Å². The average Bonchev–Trinajstić information content (AvgIpc) is 2.56. The second kappa shape index (κ2) is 3.05. The zero-order chi connectivity index (χ0) is 10.3. The van der Waals surface area contributed by atoms with Crippen LogP contribution in [0.3, 0.4) is 0 Å². The molecule has 0 saturated heterocycles. The summed E-state index contributed by atoms with van der Waals surface area (Å²) in [6, 6.07) is 0.0828. The van der Waals surface area contributed by atoms with E-state index in [0.717, 1.165) is 0 Å². The number of alkyl halides is 2. The predicted octanol–water partition coefficient (Wildman–Crippen LogP) is 0.0688. The largest absolute Gasteiger partial charge is 0.353 e. The number of nitrogens with zero attached hydrogens (tertiary/aromatic N) is 1. The Kier molecular flexibility index (Phi) is 2.10. The summed E-state index contributed by atoms with van der Waals surface area (Å²) in [6.45, 7) is 0. The minimum atomic E-state index is -2.40. The van der Waals surface area contributed by atoms with E-state index in [1.807, 2.05) is 0 Å². The number of rotatable bonds is 1. The van der Waals surface area contributed by atoms with Gasteiger partial charge in [0.05, 0.1) is 0 Å². The van der Waals surface area contributed by atoms with Crippen molar-refractivity contribution in [1.29, 1.82) is 0 Å². The Morgan fingerprint density at radius 3 is 2.43 bits per heavy atom. The van der Waals surface area contributed by atoms with E-state index in [0.29, 0.717) is 18.8 Å². The maximum absolute atomic E-state index is 12.8. The van der Waals surface area contributed by atoms with Gasteiger partial charge in [0.15, 0.2) is 0 Å². The molecule has 2 atom stereocenters. The minimum Gasteiger partial charge on any atom is -0.353 e. The Bertz CT molecular complexity index is 252. The average molecular weight is 204 g/mol. The third-order valence-electron chi connectivity index (χ3n) is 3.14. The van der Waals surface area contributed by atoms with Crippen molar-refractivity contribution in [2.45, 2.75) is 24.8 Å². The SMILES string of the molecule is CN=C(NN)NC1CC2C(C1)C2(F)F. The number of nitrogens with two attached hydrogens (primary N) is 1. The predicted molar refractivity (Wildman–Crippen MR) is 48.8 cm³/mol. The number of hydrogen-bond donors (Lipinski definition) is 3. The van der Waals surface area contributed by atoms with Gasteiger partial charge in [0.1, 0.15) is 0 Å². The fourth-order valence-corrected chi connectivity index (χ4v) is 2.29. The van der Waals surface area contributed by atoms with Gasteiger partial charge < -0.3 is 5.32 Å². The first kappa shape index (κ1) is 9.64. The highest BCUT2D eigenvalue weighted by Gasteiger charge is 2.71. The van der Waals surface area contributed by atoms with Crippen LogP contribution in [0.4, 0.5) is 8.78 Å². The molecule has 2 aliphatic carbocycles. The van der Waals surface area contributed by atoms with Crippen LogP contribution in [0.5, 0.6) is 0 Å². The summed E-state index contributed by atoms with van der Waals surface area (Å²) in [5.74, 6) is 2.38. The molecule has 80 valence electrons. The lowest BCUT2D eigenvalue weighted by atomic mass is 10.1. The molecule has 0 heterocycles. The molecule has 4 N–H and O–H groups in total. The molecule has 0 spiro atoms. The van der Waals surface area contributed by atoms with E-state index in [9.17, 15) is 8.78 Å². The molecule has 2 fully saturated rings. The number of nitrogens with one attached hydrogen (secondary N) is 2. The quantitative estimate of drug-likeness (QED) is 0.245. The minimum absolute atomic E-state index is 0.0828. The fraction of sp³-hybridized carbons (Fsp3) is 0.875. The van der Waals surface area contributed by atoms with Gasteiger partial charge >= 0.3 is 0 Å². The van der Waals surface area contributed by atoms with Crippen LogP contribution in [0.1, 0.15) is 12.8 Å². The molecule has 0 aromatic heterocycles. The van der Waals surface area contributed by atoms with Crippen molar-refractivity contribution in [1.82, 2.24) is 10.7 Å². The first-order valence-corrected chi connectivity index (χ1v) is 4.67. The van der Waals surface area contributed by atoms with Crippen LogP contribution < -0.4 is 16.6 Å². The second-order valence-corrected chi connectivity index (χ2v) is 3.92. The first-order valence-electron chi connectivity index (χ1n) is 4.67. The van der Waals surface area contributed by atoms with Gasteiger partial charge in [-0.25, -0.2) is 14.6 Å². The molecule has 0 aromatic carbocycles. The Morgan fingerprint density at radius 2 is 2.00 bits per heavy atom. The molecule has 0 aliphatic heterocycles. The highest BCUT2D eigenvalue weighted by molar-refractivity contribution is 5.79. The Balaban J connectivity index is 1.83. The second-order valence-electron chi connectivity index (χ2n) is 3.92. The first-order chi connectivity index (χ1) is 6.59. The number of hydrogen-bond acceptors (Lipinski definition) is 2. The molecule has 6 heteroatoms. The molecule has 0 radical (unpaired) electrons. The zero-order valence-electron chi connectivity index (χ0n) is 7.93. The summed E-state index contributed by atoms with van der Waals surface area (Å²) in [5, 5.41) is 2.99. The van der Waals surface area contributed by atoms with E-state index in [1.54, 1.807) is 7.05 Å². The van der Waals surface area contributed by atoms with Crippen LogP contribution in [-0.2, 0) is 0 Å². The Hall–Kier alpha value is -0.910. The smallest absolute Gasteiger partial charge is 0.254 e. The maximum atomic E-state index is 12.8. The van der Waals surface area contributed by atoms with Gasteiger partial charge in [0.2, 0.25) is 5.96 Å². The van der Waals surface area contributed by atoms with E-state index in [-0.39, 0.29) is 6.04 Å². The maximum Gasteiger partial charge on any atom is 0.254 e. The summed E-state index contributed by atoms with van der Waals surface area (Å²) in [4.78, 5) is 3.83. The van der Waals surface area contributed by atoms with E-state index in [4.69, 9.17) is 5.84 Å². The van der Waals surface area contributed by atoms with Crippen molar-refractivity contribution < 1.29 is 8.78 Å². The lowest BCUT2D eigenvalue weighted by Crippen LogP contribution is -2.46. The van der Waals surface area contributed by atoms with E-state index in [1.165, 1.54) is 0 Å². The Labute approximate surface area is 80.9 Å². The van der Waals surface area contributed by atoms with Crippen molar-refractivity contribution in [2.75, 3.05) is 7.05 Å². The van der Waals surface area contributed by atoms with Crippen LogP contribution >= 0.6 is 0 Å². The van der Waals surface area contributed by atoms with Gasteiger partial charge in [0.25, 0.3) is 5.92 Å². The van der Waals surface area contributed by atoms with Gasteiger partial charge in [0, 0.05) is 24.9 Å². The molecule has 0 amide bonds. The molecule has 2 aliphatic rings. The summed E-state index contributed by atoms with van der Waals surface area (Å²) < 4.78 is 25.6. The fourth-order valence-electron chi connectivity index (χ4n) is 2.29. The van der Waals surface area contributed by atoms with Crippen molar-refractivity contribution in [3.8, 4) is 0 Å². The lowest BCUT2D eigenvalue weighted by molar-refractivity contribution is 0.0686. The number of halogens is 2. The van der Waals surface area contributed by atoms with Crippen molar-refractivity contribution in [3.05, 3.63) is 0 Å². The highest BCUT2D eigenvalue weighted by atomic mass is 19.3. The molecule has 2 unspecified atom stereocenters. The molecule has 0 bridgehead atoms. The molecular formula is C8H14F2N4. The lowest BCUT2D eigenvalue weighted by Gasteiger charge is -2.17. The van der Waals surface area contributed by atoms with Crippen LogP contribution in [0.15, 0.2) is 4.99 Å². The molecular weight excluding hydrogens is 190 g/mol. The molecule has 2 saturated carbocycles. The van der Waals surface area contributed by atoms with Crippen molar-refractivity contribution in [3.63, 3.8) is 0 Å². The molecule has 4 nitrogen and oxygen atoms in total. The van der Waals surface area contributed by atoms with Gasteiger partial charge in [-0.2, -0.15) is 0 Å². The monoisotopic (exact) mass is 204 g/mol. The summed E-state index contributed by atoms with van der Waals surface area (Å²) in [7, 11) is 1.59. The summed E-state index contributed by atoms with van der Waals surface area (Å²) in [5.41, 5.74) is 2.38. The Morgan fingerprint density at radius 1 is 1.43 bits per heavy atom. The molecule has 0 aromatic rings. The van der Waals surface area contributed by atoms with Gasteiger partial charge in [-0.15, -0.1) is 0 Å². The van der Waals surface area contributed by atoms with E-state index >= 15 is 0 Å². The van der Waals surface area contributed by atoms with Gasteiger partial charge in [-0.3, -0.25) is 10.4 Å². The number of guanidine groups is 1. The summed E-state index contributed by atoms with van der Waals surface area (Å²) >= 11 is 0. The summed E-state index contributed by atoms with van der Waals surface area (Å²) in [6.07, 6.45) is 1.02. The number of aliphatic imine (C=N–C) groups is 1. The molecule has 2 rings (SSSR count). The van der Waals surface area contributed by atoms with Gasteiger partial charge in [-0.1, -0.05) is 0 Å². The zero-order valence-corrected chi connectivity index (χ0v) is 7.93. The van der Waals surface area contributed by atoms with E-state index < -0.39 is 17.8 Å².